The lowest BCUT2D eigenvalue weighted by atomic mass is 9.66. The van der Waals surface area contributed by atoms with Crippen molar-refractivity contribution in [3.05, 3.63) is 0 Å². The van der Waals surface area contributed by atoms with Gasteiger partial charge >= 0.3 is 5.97 Å². The average Bonchev–Trinajstić information content (AvgIpc) is 2.22. The lowest BCUT2D eigenvalue weighted by molar-refractivity contribution is -0.155. The van der Waals surface area contributed by atoms with Crippen molar-refractivity contribution in [3.8, 4) is 0 Å². The van der Waals surface area contributed by atoms with Gasteiger partial charge in [-0.2, -0.15) is 0 Å². The molecule has 80 valence electrons. The second-order valence-electron chi connectivity index (χ2n) is 4.82. The second kappa shape index (κ2) is 3.71. The maximum Gasteiger partial charge on any atom is 0.311 e. The molecule has 0 aromatic rings. The van der Waals surface area contributed by atoms with Crippen molar-refractivity contribution >= 4 is 12.3 Å². The Morgan fingerprint density at radius 1 is 1.21 bits per heavy atom. The maximum atomic E-state index is 11.5. The smallest absolute Gasteiger partial charge is 0.311 e. The largest absolute Gasteiger partial charge is 0.469 e. The van der Waals surface area contributed by atoms with Crippen LogP contribution < -0.4 is 0 Å². The molecule has 0 amide bonds. The molecular weight excluding hydrogens is 180 g/mol. The van der Waals surface area contributed by atoms with Gasteiger partial charge in [-0.15, -0.1) is 0 Å². The van der Waals surface area contributed by atoms with E-state index in [4.69, 9.17) is 4.74 Å². The molecule has 0 aromatic carbocycles. The van der Waals surface area contributed by atoms with Crippen LogP contribution in [0.1, 0.15) is 39.5 Å². The topological polar surface area (TPSA) is 43.4 Å². The average molecular weight is 198 g/mol. The van der Waals surface area contributed by atoms with Gasteiger partial charge in [-0.05, 0) is 32.6 Å². The summed E-state index contributed by atoms with van der Waals surface area (Å²) in [7, 11) is 1.42. The standard InChI is InChI=1S/C11H18O3/c1-10(8-12)4-6-11(2,7-5-10)9(13)14-3/h8H,4-7H2,1-3H3. The predicted octanol–water partition coefficient (Wildman–Crippen LogP) is 1.94. The minimum atomic E-state index is -0.378. The zero-order valence-electron chi connectivity index (χ0n) is 9.13. The molecule has 3 nitrogen and oxygen atoms in total. The number of ether oxygens (including phenoxy) is 1. The first-order valence-electron chi connectivity index (χ1n) is 5.01. The minimum Gasteiger partial charge on any atom is -0.469 e. The molecule has 0 atom stereocenters. The van der Waals surface area contributed by atoms with Gasteiger partial charge in [0.2, 0.25) is 0 Å². The Morgan fingerprint density at radius 2 is 1.71 bits per heavy atom. The third-order valence-electron chi connectivity index (χ3n) is 3.46. The van der Waals surface area contributed by atoms with E-state index in [0.29, 0.717) is 0 Å². The van der Waals surface area contributed by atoms with E-state index in [-0.39, 0.29) is 16.8 Å². The molecule has 0 unspecified atom stereocenters. The zero-order valence-corrected chi connectivity index (χ0v) is 9.13. The molecule has 0 bridgehead atoms. The summed E-state index contributed by atoms with van der Waals surface area (Å²) in [5, 5.41) is 0. The van der Waals surface area contributed by atoms with E-state index >= 15 is 0 Å². The Balaban J connectivity index is 2.66. The third kappa shape index (κ3) is 1.97. The van der Waals surface area contributed by atoms with Crippen molar-refractivity contribution in [1.82, 2.24) is 0 Å². The first kappa shape index (κ1) is 11.2. The molecule has 0 N–H and O–H groups in total. The number of carbonyl (C=O) groups excluding carboxylic acids is 2. The lowest BCUT2D eigenvalue weighted by Gasteiger charge is -2.38. The zero-order chi connectivity index (χ0) is 10.8. The SMILES string of the molecule is COC(=O)C1(C)CCC(C)(C=O)CC1. The molecular formula is C11H18O3. The van der Waals surface area contributed by atoms with Gasteiger partial charge in [0.05, 0.1) is 12.5 Å². The monoisotopic (exact) mass is 198 g/mol. The summed E-state index contributed by atoms with van der Waals surface area (Å²) in [4.78, 5) is 22.3. The highest BCUT2D eigenvalue weighted by Crippen LogP contribution is 2.44. The van der Waals surface area contributed by atoms with Crippen molar-refractivity contribution < 1.29 is 14.3 Å². The number of aldehydes is 1. The molecule has 0 radical (unpaired) electrons. The molecule has 0 heterocycles. The Morgan fingerprint density at radius 3 is 2.07 bits per heavy atom. The van der Waals surface area contributed by atoms with Crippen molar-refractivity contribution in [3.63, 3.8) is 0 Å². The quantitative estimate of drug-likeness (QED) is 0.503. The number of hydrogen-bond acceptors (Lipinski definition) is 3. The van der Waals surface area contributed by atoms with Gasteiger partial charge in [-0.1, -0.05) is 6.92 Å². The second-order valence-corrected chi connectivity index (χ2v) is 4.82. The first-order valence-corrected chi connectivity index (χ1v) is 5.01. The summed E-state index contributed by atoms with van der Waals surface area (Å²) in [5.41, 5.74) is -0.606. The fourth-order valence-electron chi connectivity index (χ4n) is 1.94. The summed E-state index contributed by atoms with van der Waals surface area (Å²) in [5.74, 6) is -0.148. The van der Waals surface area contributed by atoms with Crippen LogP contribution in [0.3, 0.4) is 0 Å². The van der Waals surface area contributed by atoms with Crippen LogP contribution in [0, 0.1) is 10.8 Å². The third-order valence-corrected chi connectivity index (χ3v) is 3.46. The van der Waals surface area contributed by atoms with Crippen molar-refractivity contribution in [2.75, 3.05) is 7.11 Å². The van der Waals surface area contributed by atoms with E-state index in [1.807, 2.05) is 13.8 Å². The highest BCUT2D eigenvalue weighted by molar-refractivity contribution is 5.76. The molecule has 0 aromatic heterocycles. The van der Waals surface area contributed by atoms with Gasteiger partial charge in [-0.3, -0.25) is 4.79 Å². The molecule has 3 heteroatoms. The lowest BCUT2D eigenvalue weighted by Crippen LogP contribution is -2.37. The van der Waals surface area contributed by atoms with E-state index < -0.39 is 0 Å². The van der Waals surface area contributed by atoms with Crippen LogP contribution in [0.4, 0.5) is 0 Å². The van der Waals surface area contributed by atoms with Crippen LogP contribution in [0.2, 0.25) is 0 Å². The Labute approximate surface area is 84.8 Å². The molecule has 1 fully saturated rings. The van der Waals surface area contributed by atoms with Crippen LogP contribution in [-0.4, -0.2) is 19.4 Å². The van der Waals surface area contributed by atoms with Crippen LogP contribution in [0.5, 0.6) is 0 Å². The Hall–Kier alpha value is -0.860. The molecule has 0 spiro atoms. The summed E-state index contributed by atoms with van der Waals surface area (Å²) in [6.07, 6.45) is 4.07. The molecule has 1 saturated carbocycles. The fraction of sp³-hybridized carbons (Fsp3) is 0.818. The summed E-state index contributed by atoms with van der Waals surface area (Å²) in [6, 6.07) is 0. The highest BCUT2D eigenvalue weighted by atomic mass is 16.5. The molecule has 1 aliphatic rings. The van der Waals surface area contributed by atoms with Crippen LogP contribution in [0.25, 0.3) is 0 Å². The van der Waals surface area contributed by atoms with Gasteiger partial charge in [-0.25, -0.2) is 0 Å². The molecule has 1 aliphatic carbocycles. The summed E-state index contributed by atoms with van der Waals surface area (Å²) >= 11 is 0. The Bertz CT molecular complexity index is 237. The first-order chi connectivity index (χ1) is 6.46. The van der Waals surface area contributed by atoms with Gasteiger partial charge < -0.3 is 9.53 Å². The molecule has 0 saturated heterocycles. The van der Waals surface area contributed by atoms with E-state index in [2.05, 4.69) is 0 Å². The normalized spacial score (nSPS) is 37.6. The van der Waals surface area contributed by atoms with E-state index in [0.717, 1.165) is 32.0 Å². The number of esters is 1. The molecule has 14 heavy (non-hydrogen) atoms. The minimum absolute atomic E-state index is 0.148. The highest BCUT2D eigenvalue weighted by Gasteiger charge is 2.42. The van der Waals surface area contributed by atoms with Crippen LogP contribution in [-0.2, 0) is 14.3 Å². The van der Waals surface area contributed by atoms with E-state index in [9.17, 15) is 9.59 Å². The maximum absolute atomic E-state index is 11.5. The van der Waals surface area contributed by atoms with Crippen LogP contribution >= 0.6 is 0 Å². The Kier molecular flexibility index (Phi) is 2.98. The summed E-state index contributed by atoms with van der Waals surface area (Å²) in [6.45, 7) is 3.88. The molecule has 0 aliphatic heterocycles. The van der Waals surface area contributed by atoms with Gasteiger partial charge in [0.1, 0.15) is 6.29 Å². The van der Waals surface area contributed by atoms with Crippen molar-refractivity contribution in [1.29, 1.82) is 0 Å². The summed E-state index contributed by atoms with van der Waals surface area (Å²) < 4.78 is 4.77. The van der Waals surface area contributed by atoms with Crippen molar-refractivity contribution in [2.24, 2.45) is 10.8 Å². The number of methoxy groups -OCH3 is 1. The fourth-order valence-corrected chi connectivity index (χ4v) is 1.94. The number of hydrogen-bond donors (Lipinski definition) is 0. The van der Waals surface area contributed by atoms with Gasteiger partial charge in [0, 0.05) is 5.41 Å². The van der Waals surface area contributed by atoms with Gasteiger partial charge in [0.15, 0.2) is 0 Å². The van der Waals surface area contributed by atoms with E-state index in [1.54, 1.807) is 0 Å². The molecule has 1 rings (SSSR count). The number of carbonyl (C=O) groups is 2. The van der Waals surface area contributed by atoms with Crippen LogP contribution in [0.15, 0.2) is 0 Å². The predicted molar refractivity (Wildman–Crippen MR) is 52.8 cm³/mol. The van der Waals surface area contributed by atoms with Crippen molar-refractivity contribution in [2.45, 2.75) is 39.5 Å². The van der Waals surface area contributed by atoms with Gasteiger partial charge in [0.25, 0.3) is 0 Å². The number of rotatable bonds is 2. The van der Waals surface area contributed by atoms with E-state index in [1.165, 1.54) is 7.11 Å².